The van der Waals surface area contributed by atoms with Crippen LogP contribution in [0.15, 0.2) is 96.0 Å². The number of benzene rings is 3. The molecule has 0 bridgehead atoms. The van der Waals surface area contributed by atoms with E-state index in [4.69, 9.17) is 9.73 Å². The average Bonchev–Trinajstić information content (AvgIpc) is 2.70. The lowest BCUT2D eigenvalue weighted by Crippen LogP contribution is -2.16. The van der Waals surface area contributed by atoms with E-state index in [9.17, 15) is 4.79 Å². The van der Waals surface area contributed by atoms with Crippen LogP contribution in [0.3, 0.4) is 0 Å². The van der Waals surface area contributed by atoms with Crippen LogP contribution in [0.1, 0.15) is 22.7 Å². The lowest BCUT2D eigenvalue weighted by Gasteiger charge is -2.14. The van der Waals surface area contributed by atoms with Gasteiger partial charge in [-0.05, 0) is 5.56 Å². The topological polar surface area (TPSA) is 38.7 Å². The lowest BCUT2D eigenvalue weighted by atomic mass is 10.0. The van der Waals surface area contributed by atoms with Gasteiger partial charge in [0.25, 0.3) is 0 Å². The Morgan fingerprint density at radius 3 is 1.64 bits per heavy atom. The highest BCUT2D eigenvalue weighted by atomic mass is 16.5. The molecule has 3 aromatic rings. The van der Waals surface area contributed by atoms with Gasteiger partial charge < -0.3 is 4.74 Å². The molecule has 0 aliphatic carbocycles. The Hall–Kier alpha value is -3.20. The Morgan fingerprint density at radius 1 is 0.760 bits per heavy atom. The van der Waals surface area contributed by atoms with E-state index < -0.39 is 6.04 Å². The highest BCUT2D eigenvalue weighted by Crippen LogP contribution is 2.22. The largest absolute Gasteiger partial charge is 0.467 e. The summed E-state index contributed by atoms with van der Waals surface area (Å²) in [6.45, 7) is 0. The second-order valence-corrected chi connectivity index (χ2v) is 5.55. The fraction of sp³-hybridized carbons (Fsp3) is 0.0909. The summed E-state index contributed by atoms with van der Waals surface area (Å²) in [6, 6.07) is 28.5. The maximum atomic E-state index is 12.4. The molecule has 1 atom stereocenters. The van der Waals surface area contributed by atoms with Crippen molar-refractivity contribution in [1.82, 2.24) is 0 Å². The minimum absolute atomic E-state index is 0.379. The first-order valence-electron chi connectivity index (χ1n) is 8.11. The van der Waals surface area contributed by atoms with E-state index in [-0.39, 0.29) is 5.97 Å². The quantitative estimate of drug-likeness (QED) is 0.513. The number of ether oxygens (including phenoxy) is 1. The number of esters is 1. The van der Waals surface area contributed by atoms with Gasteiger partial charge in [-0.1, -0.05) is 91.0 Å². The minimum atomic E-state index is -0.707. The molecule has 0 aliphatic heterocycles. The maximum Gasteiger partial charge on any atom is 0.335 e. The van der Waals surface area contributed by atoms with E-state index in [0.717, 1.165) is 22.4 Å². The van der Waals surface area contributed by atoms with Crippen LogP contribution in [-0.2, 0) is 9.53 Å². The smallest absolute Gasteiger partial charge is 0.335 e. The molecule has 3 heteroatoms. The third-order valence-electron chi connectivity index (χ3n) is 3.89. The molecule has 3 aromatic carbocycles. The van der Waals surface area contributed by atoms with Crippen molar-refractivity contribution in [3.63, 3.8) is 0 Å². The van der Waals surface area contributed by atoms with Crippen molar-refractivity contribution >= 4 is 11.7 Å². The molecule has 25 heavy (non-hydrogen) atoms. The van der Waals surface area contributed by atoms with E-state index >= 15 is 0 Å². The predicted octanol–water partition coefficient (Wildman–Crippen LogP) is 4.44. The third-order valence-corrected chi connectivity index (χ3v) is 3.89. The van der Waals surface area contributed by atoms with Crippen molar-refractivity contribution in [2.75, 3.05) is 7.11 Å². The van der Waals surface area contributed by atoms with Crippen LogP contribution in [0.4, 0.5) is 0 Å². The second-order valence-electron chi connectivity index (χ2n) is 5.55. The van der Waals surface area contributed by atoms with Gasteiger partial charge in [0, 0.05) is 11.1 Å². The number of carbonyl (C=O) groups is 1. The van der Waals surface area contributed by atoms with Gasteiger partial charge in [-0.25, -0.2) is 4.79 Å². The number of carbonyl (C=O) groups excluding carboxylic acids is 1. The van der Waals surface area contributed by atoms with E-state index in [2.05, 4.69) is 0 Å². The normalized spacial score (nSPS) is 11.4. The van der Waals surface area contributed by atoms with Crippen molar-refractivity contribution < 1.29 is 9.53 Å². The SMILES string of the molecule is COC(=O)C(N=C(c1ccccc1)c1ccccc1)c1ccccc1. The van der Waals surface area contributed by atoms with E-state index in [0.29, 0.717) is 0 Å². The Morgan fingerprint density at radius 2 is 1.20 bits per heavy atom. The summed E-state index contributed by atoms with van der Waals surface area (Å²) in [7, 11) is 1.39. The molecule has 0 radical (unpaired) electrons. The number of hydrogen-bond donors (Lipinski definition) is 0. The molecule has 0 N–H and O–H groups in total. The van der Waals surface area contributed by atoms with Gasteiger partial charge in [-0.2, -0.15) is 0 Å². The second kappa shape index (κ2) is 8.06. The van der Waals surface area contributed by atoms with Crippen molar-refractivity contribution in [1.29, 1.82) is 0 Å². The average molecular weight is 329 g/mol. The standard InChI is InChI=1S/C22H19NO2/c1-25-22(24)21(19-15-9-4-10-16-19)23-20(17-11-5-2-6-12-17)18-13-7-3-8-14-18/h2-16,21H,1H3. The summed E-state index contributed by atoms with van der Waals surface area (Å²) in [4.78, 5) is 17.2. The van der Waals surface area contributed by atoms with Crippen molar-refractivity contribution in [2.45, 2.75) is 6.04 Å². The zero-order chi connectivity index (χ0) is 17.5. The van der Waals surface area contributed by atoms with Gasteiger partial charge >= 0.3 is 5.97 Å². The first-order valence-corrected chi connectivity index (χ1v) is 8.11. The molecule has 3 rings (SSSR count). The van der Waals surface area contributed by atoms with Crippen LogP contribution in [0.25, 0.3) is 0 Å². The summed E-state index contributed by atoms with van der Waals surface area (Å²) < 4.78 is 4.99. The summed E-state index contributed by atoms with van der Waals surface area (Å²) in [6.07, 6.45) is 0. The summed E-state index contributed by atoms with van der Waals surface area (Å²) in [5.41, 5.74) is 3.48. The molecule has 3 nitrogen and oxygen atoms in total. The first-order chi connectivity index (χ1) is 12.3. The fourth-order valence-electron chi connectivity index (χ4n) is 2.65. The van der Waals surface area contributed by atoms with Gasteiger partial charge in [0.05, 0.1) is 12.8 Å². The number of rotatable bonds is 5. The first kappa shape index (κ1) is 16.7. The molecule has 0 saturated carbocycles. The molecule has 0 saturated heterocycles. The van der Waals surface area contributed by atoms with Gasteiger partial charge in [-0.3, -0.25) is 4.99 Å². The highest BCUT2D eigenvalue weighted by Gasteiger charge is 2.22. The monoisotopic (exact) mass is 329 g/mol. The summed E-state index contributed by atoms with van der Waals surface area (Å²) in [5.74, 6) is -0.379. The van der Waals surface area contributed by atoms with Crippen LogP contribution >= 0.6 is 0 Å². The molecule has 124 valence electrons. The van der Waals surface area contributed by atoms with E-state index in [1.165, 1.54) is 7.11 Å². The van der Waals surface area contributed by atoms with Crippen molar-refractivity contribution in [2.24, 2.45) is 4.99 Å². The van der Waals surface area contributed by atoms with Crippen LogP contribution < -0.4 is 0 Å². The van der Waals surface area contributed by atoms with Gasteiger partial charge in [-0.15, -0.1) is 0 Å². The van der Waals surface area contributed by atoms with Gasteiger partial charge in [0.2, 0.25) is 0 Å². The Bertz CT molecular complexity index is 801. The Labute approximate surface area is 147 Å². The van der Waals surface area contributed by atoms with E-state index in [1.54, 1.807) is 0 Å². The zero-order valence-electron chi connectivity index (χ0n) is 14.0. The van der Waals surface area contributed by atoms with Gasteiger partial charge in [0.1, 0.15) is 0 Å². The number of nitrogens with zero attached hydrogens (tertiary/aromatic N) is 1. The van der Waals surface area contributed by atoms with Gasteiger partial charge in [0.15, 0.2) is 6.04 Å². The third kappa shape index (κ3) is 4.01. The fourth-order valence-corrected chi connectivity index (χ4v) is 2.65. The predicted molar refractivity (Wildman–Crippen MR) is 99.7 cm³/mol. The molecule has 1 unspecified atom stereocenters. The van der Waals surface area contributed by atoms with Crippen LogP contribution in [-0.4, -0.2) is 18.8 Å². The maximum absolute atomic E-state index is 12.4. The minimum Gasteiger partial charge on any atom is -0.467 e. The van der Waals surface area contributed by atoms with Crippen molar-refractivity contribution in [3.05, 3.63) is 108 Å². The van der Waals surface area contributed by atoms with Crippen LogP contribution in [0.5, 0.6) is 0 Å². The Kier molecular flexibility index (Phi) is 5.37. The zero-order valence-corrected chi connectivity index (χ0v) is 14.0. The van der Waals surface area contributed by atoms with Crippen molar-refractivity contribution in [3.8, 4) is 0 Å². The molecule has 0 amide bonds. The number of aliphatic imine (C=N–C) groups is 1. The molecule has 0 aliphatic rings. The summed E-state index contributed by atoms with van der Waals surface area (Å²) in [5, 5.41) is 0. The highest BCUT2D eigenvalue weighted by molar-refractivity contribution is 6.13. The number of hydrogen-bond acceptors (Lipinski definition) is 3. The Balaban J connectivity index is 2.14. The summed E-state index contributed by atoms with van der Waals surface area (Å²) >= 11 is 0. The molecular weight excluding hydrogens is 310 g/mol. The molecule has 0 heterocycles. The lowest BCUT2D eigenvalue weighted by molar-refractivity contribution is -0.142. The molecule has 0 aromatic heterocycles. The number of methoxy groups -OCH3 is 1. The molecule has 0 spiro atoms. The van der Waals surface area contributed by atoms with E-state index in [1.807, 2.05) is 91.0 Å². The van der Waals surface area contributed by atoms with Crippen LogP contribution in [0, 0.1) is 0 Å². The van der Waals surface area contributed by atoms with Crippen LogP contribution in [0.2, 0.25) is 0 Å². The molecule has 0 fully saturated rings. The molecular formula is C22H19NO2.